The average Bonchev–Trinajstić information content (AvgIpc) is 2.67. The molecule has 1 aromatic rings. The van der Waals surface area contributed by atoms with E-state index in [9.17, 15) is 12.8 Å². The van der Waals surface area contributed by atoms with Crippen molar-refractivity contribution in [3.63, 3.8) is 0 Å². The van der Waals surface area contributed by atoms with Crippen molar-refractivity contribution in [1.29, 1.82) is 0 Å². The predicted molar refractivity (Wildman–Crippen MR) is 72.2 cm³/mol. The third-order valence-electron chi connectivity index (χ3n) is 2.85. The summed E-state index contributed by atoms with van der Waals surface area (Å²) in [5.41, 5.74) is 0. The number of hydrogen-bond donors (Lipinski definition) is 1. The van der Waals surface area contributed by atoms with Crippen LogP contribution in [-0.4, -0.2) is 38.3 Å². The fourth-order valence-electron chi connectivity index (χ4n) is 1.92. The maximum absolute atomic E-state index is 12.7. The minimum absolute atomic E-state index is 0.101. The van der Waals surface area contributed by atoms with Gasteiger partial charge >= 0.3 is 0 Å². The Bertz CT molecular complexity index is 487. The van der Waals surface area contributed by atoms with E-state index in [0.29, 0.717) is 12.2 Å². The summed E-state index contributed by atoms with van der Waals surface area (Å²) in [5, 5.41) is 3.24. The van der Waals surface area contributed by atoms with Crippen molar-refractivity contribution < 1.29 is 12.8 Å². The van der Waals surface area contributed by atoms with E-state index >= 15 is 0 Å². The van der Waals surface area contributed by atoms with Crippen LogP contribution in [0.1, 0.15) is 6.42 Å². The minimum atomic E-state index is -2.80. The maximum atomic E-state index is 12.7. The summed E-state index contributed by atoms with van der Waals surface area (Å²) < 4.78 is 35.2. The molecular formula is C12H16FNO2S2. The molecule has 1 aliphatic heterocycles. The molecule has 1 aliphatic rings. The topological polar surface area (TPSA) is 46.2 Å². The van der Waals surface area contributed by atoms with Crippen molar-refractivity contribution in [2.75, 3.05) is 23.8 Å². The zero-order valence-corrected chi connectivity index (χ0v) is 11.6. The van der Waals surface area contributed by atoms with Gasteiger partial charge in [-0.1, -0.05) is 0 Å². The van der Waals surface area contributed by atoms with Gasteiger partial charge in [0.2, 0.25) is 0 Å². The second kappa shape index (κ2) is 6.04. The molecule has 0 bridgehead atoms. The summed E-state index contributed by atoms with van der Waals surface area (Å²) in [7, 11) is -2.80. The van der Waals surface area contributed by atoms with Gasteiger partial charge in [0.15, 0.2) is 9.84 Å². The highest BCUT2D eigenvalue weighted by molar-refractivity contribution is 7.99. The largest absolute Gasteiger partial charge is 0.312 e. The van der Waals surface area contributed by atoms with Crippen LogP contribution in [-0.2, 0) is 9.84 Å². The fourth-order valence-corrected chi connectivity index (χ4v) is 4.41. The van der Waals surface area contributed by atoms with Crippen LogP contribution in [0.3, 0.4) is 0 Å². The lowest BCUT2D eigenvalue weighted by Crippen LogP contribution is -2.31. The van der Waals surface area contributed by atoms with Crippen LogP contribution in [0.2, 0.25) is 0 Å². The maximum Gasteiger partial charge on any atom is 0.151 e. The molecule has 0 saturated carbocycles. The lowest BCUT2D eigenvalue weighted by Gasteiger charge is -2.09. The van der Waals surface area contributed by atoms with Crippen LogP contribution in [0, 0.1) is 5.82 Å². The van der Waals surface area contributed by atoms with E-state index in [-0.39, 0.29) is 17.6 Å². The Kier molecular flexibility index (Phi) is 4.64. The molecule has 6 heteroatoms. The third kappa shape index (κ3) is 4.26. The van der Waals surface area contributed by atoms with Crippen LogP contribution in [0.4, 0.5) is 4.39 Å². The number of rotatable bonds is 5. The van der Waals surface area contributed by atoms with Crippen molar-refractivity contribution in [3.05, 3.63) is 30.1 Å². The van der Waals surface area contributed by atoms with Crippen LogP contribution < -0.4 is 5.32 Å². The van der Waals surface area contributed by atoms with Crippen molar-refractivity contribution in [3.8, 4) is 0 Å². The van der Waals surface area contributed by atoms with E-state index in [1.807, 2.05) is 0 Å². The Morgan fingerprint density at radius 2 is 2.06 bits per heavy atom. The molecule has 0 radical (unpaired) electrons. The molecule has 3 nitrogen and oxygen atoms in total. The summed E-state index contributed by atoms with van der Waals surface area (Å²) in [4.78, 5) is 1.03. The molecule has 0 spiro atoms. The molecular weight excluding hydrogens is 273 g/mol. The zero-order chi connectivity index (χ0) is 13.0. The molecule has 18 heavy (non-hydrogen) atoms. The predicted octanol–water partition coefficient (Wildman–Crippen LogP) is 1.69. The van der Waals surface area contributed by atoms with Crippen molar-refractivity contribution >= 4 is 21.6 Å². The number of nitrogens with one attached hydrogen (secondary N) is 1. The Morgan fingerprint density at radius 1 is 1.33 bits per heavy atom. The third-order valence-corrected chi connectivity index (χ3v) is 5.63. The standard InChI is InChI=1S/C12H16FNO2S2/c13-10-1-3-12(4-2-10)17-7-6-14-11-5-8-18(15,16)9-11/h1-4,11,14H,5-9H2. The highest BCUT2D eigenvalue weighted by atomic mass is 32.2. The van der Waals surface area contributed by atoms with E-state index in [1.165, 1.54) is 12.1 Å². The van der Waals surface area contributed by atoms with Gasteiger partial charge in [-0.25, -0.2) is 12.8 Å². The number of hydrogen-bond acceptors (Lipinski definition) is 4. The van der Waals surface area contributed by atoms with Crippen molar-refractivity contribution in [1.82, 2.24) is 5.32 Å². The Balaban J connectivity index is 1.66. The highest BCUT2D eigenvalue weighted by Gasteiger charge is 2.26. The van der Waals surface area contributed by atoms with Gasteiger partial charge in [0.05, 0.1) is 11.5 Å². The van der Waals surface area contributed by atoms with Crippen LogP contribution in [0.15, 0.2) is 29.2 Å². The summed E-state index contributed by atoms with van der Waals surface area (Å²) in [6, 6.07) is 6.49. The quantitative estimate of drug-likeness (QED) is 0.662. The number of thioether (sulfide) groups is 1. The number of sulfone groups is 1. The second-order valence-corrected chi connectivity index (χ2v) is 7.75. The number of benzene rings is 1. The van der Waals surface area contributed by atoms with E-state index < -0.39 is 9.84 Å². The van der Waals surface area contributed by atoms with Gasteiger partial charge in [-0.3, -0.25) is 0 Å². The second-order valence-electron chi connectivity index (χ2n) is 4.36. The van der Waals surface area contributed by atoms with Gasteiger partial charge in [0.1, 0.15) is 5.82 Å². The first kappa shape index (κ1) is 13.8. The molecule has 1 heterocycles. The van der Waals surface area contributed by atoms with E-state index in [4.69, 9.17) is 0 Å². The lowest BCUT2D eigenvalue weighted by molar-refractivity contribution is 0.575. The lowest BCUT2D eigenvalue weighted by atomic mass is 10.3. The van der Waals surface area contributed by atoms with Crippen molar-refractivity contribution in [2.24, 2.45) is 0 Å². The molecule has 1 N–H and O–H groups in total. The van der Waals surface area contributed by atoms with E-state index in [2.05, 4.69) is 5.32 Å². The zero-order valence-electron chi connectivity index (χ0n) is 9.93. The molecule has 1 aromatic carbocycles. The van der Waals surface area contributed by atoms with Crippen LogP contribution in [0.5, 0.6) is 0 Å². The molecule has 0 aromatic heterocycles. The first-order valence-electron chi connectivity index (χ1n) is 5.87. The molecule has 1 fully saturated rings. The highest BCUT2D eigenvalue weighted by Crippen LogP contribution is 2.17. The summed E-state index contributed by atoms with van der Waals surface area (Å²) in [6.07, 6.45) is 0.712. The van der Waals surface area contributed by atoms with Crippen molar-refractivity contribution in [2.45, 2.75) is 17.4 Å². The molecule has 0 amide bonds. The monoisotopic (exact) mass is 289 g/mol. The Morgan fingerprint density at radius 3 is 2.67 bits per heavy atom. The van der Waals surface area contributed by atoms with Gasteiger partial charge in [-0.05, 0) is 30.7 Å². The van der Waals surface area contributed by atoms with E-state index in [0.717, 1.165) is 17.2 Å². The average molecular weight is 289 g/mol. The first-order chi connectivity index (χ1) is 8.55. The molecule has 2 rings (SSSR count). The fraction of sp³-hybridized carbons (Fsp3) is 0.500. The molecule has 0 aliphatic carbocycles. The molecule has 1 saturated heterocycles. The Hall–Kier alpha value is -0.590. The molecule has 100 valence electrons. The minimum Gasteiger partial charge on any atom is -0.312 e. The van der Waals surface area contributed by atoms with Gasteiger partial charge in [-0.2, -0.15) is 0 Å². The number of halogens is 1. The summed E-state index contributed by atoms with van der Waals surface area (Å²) in [6.45, 7) is 0.766. The van der Waals surface area contributed by atoms with Gasteiger partial charge in [0.25, 0.3) is 0 Å². The van der Waals surface area contributed by atoms with E-state index in [1.54, 1.807) is 23.9 Å². The Labute approximate surface area is 111 Å². The summed E-state index contributed by atoms with van der Waals surface area (Å²) >= 11 is 1.63. The first-order valence-corrected chi connectivity index (χ1v) is 8.68. The van der Waals surface area contributed by atoms with Gasteiger partial charge in [0, 0.05) is 23.2 Å². The van der Waals surface area contributed by atoms with Crippen LogP contribution >= 0.6 is 11.8 Å². The smallest absolute Gasteiger partial charge is 0.151 e. The normalized spacial score (nSPS) is 22.2. The van der Waals surface area contributed by atoms with Gasteiger partial charge < -0.3 is 5.32 Å². The summed E-state index contributed by atoms with van der Waals surface area (Å²) in [5.74, 6) is 1.18. The van der Waals surface area contributed by atoms with Crippen LogP contribution in [0.25, 0.3) is 0 Å². The van der Waals surface area contributed by atoms with Gasteiger partial charge in [-0.15, -0.1) is 11.8 Å². The molecule has 1 unspecified atom stereocenters. The SMILES string of the molecule is O=S1(=O)CCC(NCCSc2ccc(F)cc2)C1. The molecule has 1 atom stereocenters.